The zero-order valence-electron chi connectivity index (χ0n) is 15.4. The van der Waals surface area contributed by atoms with Crippen molar-refractivity contribution in [1.82, 2.24) is 0 Å². The Morgan fingerprint density at radius 1 is 0.526 bits per heavy atom. The van der Waals surface area contributed by atoms with E-state index in [2.05, 4.69) is 90.8 Å². The van der Waals surface area contributed by atoms with Gasteiger partial charge < -0.3 is 9.96 Å². The van der Waals surface area contributed by atoms with Gasteiger partial charge in [0.15, 0.2) is 0 Å². The molecule has 5 heteroatoms. The van der Waals surface area contributed by atoms with E-state index in [1.807, 2.05) is 0 Å². The van der Waals surface area contributed by atoms with Gasteiger partial charge in [-0.25, -0.2) is 0 Å². The molecular weight excluding hydrogens is 325 g/mol. The molecule has 0 atom stereocenters. The van der Waals surface area contributed by atoms with Crippen LogP contribution in [0.2, 0.25) is 39.3 Å². The van der Waals surface area contributed by atoms with Gasteiger partial charge in [0, 0.05) is 17.6 Å². The van der Waals surface area contributed by atoms with Crippen molar-refractivity contribution >= 4 is 34.1 Å². The van der Waals surface area contributed by atoms with Crippen molar-refractivity contribution in [2.24, 2.45) is 0 Å². The summed E-state index contributed by atoms with van der Waals surface area (Å²) < 4.78 is 0. The third kappa shape index (κ3) is 32.4. The third-order valence-corrected chi connectivity index (χ3v) is 4.02. The second-order valence-corrected chi connectivity index (χ2v) is 18.0. The van der Waals surface area contributed by atoms with Crippen LogP contribution in [0.1, 0.15) is 41.5 Å². The predicted molar refractivity (Wildman–Crippen MR) is 98.7 cm³/mol. The Labute approximate surface area is 136 Å². The zero-order valence-corrected chi connectivity index (χ0v) is 19.5. The summed E-state index contributed by atoms with van der Waals surface area (Å²) in [6.07, 6.45) is 0. The third-order valence-electron chi connectivity index (χ3n) is 1.34. The summed E-state index contributed by atoms with van der Waals surface area (Å²) in [5.41, 5.74) is 0.342. The Morgan fingerprint density at radius 3 is 0.684 bits per heavy atom. The van der Waals surface area contributed by atoms with Crippen LogP contribution in [0.4, 0.5) is 0 Å². The quantitative estimate of drug-likeness (QED) is 0.573. The summed E-state index contributed by atoms with van der Waals surface area (Å²) >= 11 is 0. The first kappa shape index (κ1) is 24.9. The molecule has 0 spiro atoms. The van der Waals surface area contributed by atoms with Crippen LogP contribution in [0.15, 0.2) is 0 Å². The predicted octanol–water partition coefficient (Wildman–Crippen LogP) is 5.61. The topological polar surface area (TPSA) is 28.2 Å². The molecule has 0 rings (SSSR count). The molecule has 0 saturated carbocycles. The minimum Gasteiger partial charge on any atom is -0.660 e. The molecular formula is C14H36GeN2Si2-2. The van der Waals surface area contributed by atoms with Crippen molar-refractivity contribution in [2.75, 3.05) is 0 Å². The minimum atomic E-state index is -1.17. The van der Waals surface area contributed by atoms with Gasteiger partial charge >= 0.3 is 0 Å². The van der Waals surface area contributed by atoms with E-state index >= 15 is 0 Å². The minimum absolute atomic E-state index is 0. The molecule has 0 aromatic heterocycles. The Bertz CT molecular complexity index is 180. The first-order chi connectivity index (χ1) is 7.41. The number of rotatable bonds is 2. The monoisotopic (exact) mass is 362 g/mol. The molecule has 0 bridgehead atoms. The van der Waals surface area contributed by atoms with E-state index in [9.17, 15) is 0 Å². The maximum absolute atomic E-state index is 4.68. The summed E-state index contributed by atoms with van der Waals surface area (Å²) in [6, 6.07) is 0. The SMILES string of the molecule is CC(C)(C)[N-][Si](C)(C)C.CC(C)(C)[N-][Si](C)(C)C.[Ge]. The fourth-order valence-electron chi connectivity index (χ4n) is 2.01. The van der Waals surface area contributed by atoms with Gasteiger partial charge in [-0.3, -0.25) is 0 Å². The summed E-state index contributed by atoms with van der Waals surface area (Å²) in [7, 11) is -2.34. The van der Waals surface area contributed by atoms with E-state index in [4.69, 9.17) is 0 Å². The summed E-state index contributed by atoms with van der Waals surface area (Å²) in [4.78, 5) is 9.36. The van der Waals surface area contributed by atoms with Crippen LogP contribution in [-0.4, -0.2) is 45.1 Å². The summed E-state index contributed by atoms with van der Waals surface area (Å²) in [5, 5.41) is 0. The molecule has 0 amide bonds. The van der Waals surface area contributed by atoms with E-state index in [0.29, 0.717) is 0 Å². The normalized spacial score (nSPS) is 13.3. The Balaban J connectivity index is -0.000000256. The molecule has 4 radical (unpaired) electrons. The van der Waals surface area contributed by atoms with Gasteiger partial charge in [0.1, 0.15) is 0 Å². The summed E-state index contributed by atoms with van der Waals surface area (Å²) in [5.74, 6) is 0. The number of hydrogen-bond acceptors (Lipinski definition) is 0. The second kappa shape index (κ2) is 8.37. The molecule has 116 valence electrons. The molecule has 0 aromatic carbocycles. The largest absolute Gasteiger partial charge is 0.660 e. The summed E-state index contributed by atoms with van der Waals surface area (Å²) in [6.45, 7) is 26.5. The second-order valence-electron chi connectivity index (χ2n) is 8.91. The van der Waals surface area contributed by atoms with Gasteiger partial charge in [-0.05, 0) is 0 Å². The van der Waals surface area contributed by atoms with E-state index < -0.39 is 16.5 Å². The number of hydrogen-bond donors (Lipinski definition) is 0. The molecule has 19 heavy (non-hydrogen) atoms. The van der Waals surface area contributed by atoms with E-state index in [-0.39, 0.29) is 28.7 Å². The molecule has 2 nitrogen and oxygen atoms in total. The van der Waals surface area contributed by atoms with E-state index in [1.165, 1.54) is 0 Å². The van der Waals surface area contributed by atoms with Crippen LogP contribution in [0.25, 0.3) is 9.96 Å². The maximum atomic E-state index is 4.68. The van der Waals surface area contributed by atoms with Crippen molar-refractivity contribution < 1.29 is 0 Å². The van der Waals surface area contributed by atoms with E-state index in [0.717, 1.165) is 0 Å². The fraction of sp³-hybridized carbons (Fsp3) is 1.00. The molecule has 0 unspecified atom stereocenters. The van der Waals surface area contributed by atoms with Crippen molar-refractivity contribution in [3.63, 3.8) is 0 Å². The molecule has 0 fully saturated rings. The van der Waals surface area contributed by atoms with Gasteiger partial charge in [0.05, 0.1) is 0 Å². The van der Waals surface area contributed by atoms with Gasteiger partial charge in [0.25, 0.3) is 0 Å². The molecule has 0 aliphatic rings. The van der Waals surface area contributed by atoms with Crippen LogP contribution in [0, 0.1) is 0 Å². The Hall–Kier alpha value is 0.897. The molecule has 0 heterocycles. The average Bonchev–Trinajstić information content (AvgIpc) is 1.64. The standard InChI is InChI=1S/2C7H18NSi.Ge/c2*1-7(2,3)8-9(4,5)6;/h2*1-6H3;/q2*-1;. The molecule has 0 N–H and O–H groups in total. The molecule has 0 aromatic rings. The van der Waals surface area contributed by atoms with Crippen LogP contribution in [0.3, 0.4) is 0 Å². The van der Waals surface area contributed by atoms with Gasteiger partial charge in [0.2, 0.25) is 0 Å². The number of nitrogens with zero attached hydrogens (tertiary/aromatic N) is 2. The Morgan fingerprint density at radius 2 is 0.684 bits per heavy atom. The molecule has 0 aliphatic heterocycles. The zero-order chi connectivity index (χ0) is 15.4. The van der Waals surface area contributed by atoms with Crippen molar-refractivity contribution in [1.29, 1.82) is 0 Å². The van der Waals surface area contributed by atoms with Crippen molar-refractivity contribution in [2.45, 2.75) is 91.9 Å². The average molecular weight is 361 g/mol. The van der Waals surface area contributed by atoms with Crippen molar-refractivity contribution in [3.05, 3.63) is 9.96 Å². The van der Waals surface area contributed by atoms with Crippen LogP contribution < -0.4 is 0 Å². The van der Waals surface area contributed by atoms with Gasteiger partial charge in [-0.15, -0.1) is 11.1 Å². The molecule has 0 saturated heterocycles. The maximum Gasteiger partial charge on any atom is 0 e. The van der Waals surface area contributed by atoms with Crippen LogP contribution >= 0.6 is 0 Å². The fourth-order valence-corrected chi connectivity index (χ4v) is 6.04. The van der Waals surface area contributed by atoms with Gasteiger partial charge in [-0.1, -0.05) is 97.3 Å². The first-order valence-corrected chi connectivity index (χ1v) is 13.8. The smallest absolute Gasteiger partial charge is 0 e. The first-order valence-electron chi connectivity index (χ1n) is 6.89. The van der Waals surface area contributed by atoms with Gasteiger partial charge in [-0.2, -0.15) is 0 Å². The van der Waals surface area contributed by atoms with Crippen molar-refractivity contribution in [3.8, 4) is 0 Å². The van der Waals surface area contributed by atoms with E-state index in [1.54, 1.807) is 0 Å². The molecule has 0 aliphatic carbocycles. The van der Waals surface area contributed by atoms with Crippen LogP contribution in [0.5, 0.6) is 0 Å². The Kier molecular flexibility index (Phi) is 11.0. The van der Waals surface area contributed by atoms with Crippen LogP contribution in [-0.2, 0) is 0 Å².